The lowest BCUT2D eigenvalue weighted by molar-refractivity contribution is -0.132. The van der Waals surface area contributed by atoms with E-state index in [2.05, 4.69) is 24.4 Å². The average Bonchev–Trinajstić information content (AvgIpc) is 2.64. The van der Waals surface area contributed by atoms with Crippen molar-refractivity contribution in [2.24, 2.45) is 0 Å². The first-order valence-electron chi connectivity index (χ1n) is 10.4. The highest BCUT2D eigenvalue weighted by Crippen LogP contribution is 2.24. The zero-order chi connectivity index (χ0) is 20.3. The van der Waals surface area contributed by atoms with E-state index >= 15 is 0 Å². The maximum atomic E-state index is 12.5. The van der Waals surface area contributed by atoms with E-state index in [4.69, 9.17) is 4.74 Å². The van der Waals surface area contributed by atoms with Gasteiger partial charge in [-0.3, -0.25) is 4.79 Å². The summed E-state index contributed by atoms with van der Waals surface area (Å²) < 4.78 is 5.50. The molecule has 0 radical (unpaired) electrons. The molecule has 2 amide bonds. The molecule has 1 unspecified atom stereocenters. The zero-order valence-corrected chi connectivity index (χ0v) is 17.6. The molecule has 0 saturated carbocycles. The van der Waals surface area contributed by atoms with Crippen LogP contribution in [0.1, 0.15) is 58.1 Å². The molecule has 1 aromatic carbocycles. The van der Waals surface area contributed by atoms with E-state index in [1.165, 1.54) is 12.0 Å². The number of piperidine rings is 1. The highest BCUT2D eigenvalue weighted by atomic mass is 16.6. The van der Waals surface area contributed by atoms with Gasteiger partial charge in [0.15, 0.2) is 0 Å². The van der Waals surface area contributed by atoms with Crippen molar-refractivity contribution in [1.82, 2.24) is 9.80 Å². The smallest absolute Gasteiger partial charge is 0.410 e. The number of hydrogen-bond donors (Lipinski definition) is 1. The van der Waals surface area contributed by atoms with Gasteiger partial charge in [-0.1, -0.05) is 6.07 Å². The van der Waals surface area contributed by atoms with Crippen molar-refractivity contribution in [1.29, 1.82) is 0 Å². The molecule has 2 heterocycles. The van der Waals surface area contributed by atoms with Gasteiger partial charge in [0.25, 0.3) is 0 Å². The largest absolute Gasteiger partial charge is 0.444 e. The van der Waals surface area contributed by atoms with E-state index < -0.39 is 5.60 Å². The number of hydrogen-bond acceptors (Lipinski definition) is 4. The molecule has 2 aliphatic heterocycles. The summed E-state index contributed by atoms with van der Waals surface area (Å²) in [5, 5.41) is 3.27. The van der Waals surface area contributed by atoms with Gasteiger partial charge in [0.2, 0.25) is 5.91 Å². The van der Waals surface area contributed by atoms with Crippen LogP contribution in [0.15, 0.2) is 18.2 Å². The van der Waals surface area contributed by atoms with E-state index in [9.17, 15) is 9.59 Å². The number of carbonyl (C=O) groups is 2. The summed E-state index contributed by atoms with van der Waals surface area (Å²) in [6, 6.07) is 6.50. The molecule has 1 atom stereocenters. The number of anilines is 1. The molecule has 1 saturated heterocycles. The molecule has 1 fully saturated rings. The maximum absolute atomic E-state index is 12.5. The summed E-state index contributed by atoms with van der Waals surface area (Å²) in [5.41, 5.74) is 2.79. The van der Waals surface area contributed by atoms with E-state index in [1.807, 2.05) is 31.7 Å². The van der Waals surface area contributed by atoms with Gasteiger partial charge in [0.1, 0.15) is 5.60 Å². The van der Waals surface area contributed by atoms with Gasteiger partial charge < -0.3 is 19.9 Å². The summed E-state index contributed by atoms with van der Waals surface area (Å²) in [6.07, 6.45) is 3.93. The number of carbonyl (C=O) groups excluding carboxylic acids is 2. The highest BCUT2D eigenvalue weighted by Gasteiger charge is 2.26. The second-order valence-corrected chi connectivity index (χ2v) is 8.92. The van der Waals surface area contributed by atoms with Crippen molar-refractivity contribution in [3.05, 3.63) is 29.3 Å². The second-order valence-electron chi connectivity index (χ2n) is 8.92. The van der Waals surface area contributed by atoms with Crippen LogP contribution < -0.4 is 5.32 Å². The van der Waals surface area contributed by atoms with Crippen molar-refractivity contribution in [2.75, 3.05) is 25.0 Å². The first kappa shape index (κ1) is 20.5. The summed E-state index contributed by atoms with van der Waals surface area (Å²) in [6.45, 7) is 10.1. The van der Waals surface area contributed by atoms with E-state index in [-0.39, 0.29) is 12.0 Å². The van der Waals surface area contributed by atoms with Gasteiger partial charge in [-0.15, -0.1) is 0 Å². The molecule has 6 nitrogen and oxygen atoms in total. The average molecular weight is 388 g/mol. The van der Waals surface area contributed by atoms with Crippen molar-refractivity contribution in [3.8, 4) is 0 Å². The van der Waals surface area contributed by atoms with Crippen LogP contribution >= 0.6 is 0 Å². The van der Waals surface area contributed by atoms with Gasteiger partial charge in [-0.25, -0.2) is 4.79 Å². The monoisotopic (exact) mass is 387 g/mol. The second kappa shape index (κ2) is 8.41. The molecule has 0 bridgehead atoms. The number of likely N-dealkylation sites (tertiary alicyclic amines) is 1. The minimum Gasteiger partial charge on any atom is -0.444 e. The van der Waals surface area contributed by atoms with Crippen LogP contribution in [0, 0.1) is 0 Å². The Morgan fingerprint density at radius 2 is 1.96 bits per heavy atom. The molecule has 28 heavy (non-hydrogen) atoms. The van der Waals surface area contributed by atoms with Crippen molar-refractivity contribution in [3.63, 3.8) is 0 Å². The molecule has 154 valence electrons. The topological polar surface area (TPSA) is 61.9 Å². The standard InChI is InChI=1S/C22H33N3O3/c1-16-7-5-6-11-25(16)20(26)14-23-19-9-8-17-10-12-24(15-18(17)13-19)21(27)28-22(2,3)4/h8-9,13,16,23H,5-7,10-12,14-15H2,1-4H3. The molecule has 2 aliphatic rings. The van der Waals surface area contributed by atoms with Crippen molar-refractivity contribution < 1.29 is 14.3 Å². The Morgan fingerprint density at radius 1 is 1.18 bits per heavy atom. The van der Waals surface area contributed by atoms with Crippen LogP contribution in [0.25, 0.3) is 0 Å². The normalized spacial score (nSPS) is 19.8. The fourth-order valence-corrected chi connectivity index (χ4v) is 3.90. The fourth-order valence-electron chi connectivity index (χ4n) is 3.90. The summed E-state index contributed by atoms with van der Waals surface area (Å²) >= 11 is 0. The SMILES string of the molecule is CC1CCCCN1C(=O)CNc1ccc2c(c1)CN(C(=O)OC(C)(C)C)CC2. The first-order valence-corrected chi connectivity index (χ1v) is 10.4. The number of ether oxygens (including phenoxy) is 1. The van der Waals surface area contributed by atoms with Gasteiger partial charge >= 0.3 is 6.09 Å². The molecular formula is C22H33N3O3. The molecule has 3 rings (SSSR count). The van der Waals surface area contributed by atoms with E-state index in [0.29, 0.717) is 25.7 Å². The minimum absolute atomic E-state index is 0.153. The zero-order valence-electron chi connectivity index (χ0n) is 17.6. The lowest BCUT2D eigenvalue weighted by Crippen LogP contribution is -2.44. The fraction of sp³-hybridized carbons (Fsp3) is 0.636. The molecule has 0 spiro atoms. The van der Waals surface area contributed by atoms with Crippen LogP contribution in [0.4, 0.5) is 10.5 Å². The summed E-state index contributed by atoms with van der Waals surface area (Å²) in [7, 11) is 0. The van der Waals surface area contributed by atoms with Gasteiger partial charge in [-0.2, -0.15) is 0 Å². The number of nitrogens with zero attached hydrogens (tertiary/aromatic N) is 2. The molecular weight excluding hydrogens is 354 g/mol. The number of benzene rings is 1. The Morgan fingerprint density at radius 3 is 2.68 bits per heavy atom. The number of fused-ring (bicyclic) bond motifs is 1. The first-order chi connectivity index (χ1) is 13.2. The predicted octanol–water partition coefficient (Wildman–Crippen LogP) is 3.79. The Hall–Kier alpha value is -2.24. The van der Waals surface area contributed by atoms with Gasteiger partial charge in [0, 0.05) is 31.4 Å². The third kappa shape index (κ3) is 5.18. The number of rotatable bonds is 3. The van der Waals surface area contributed by atoms with Gasteiger partial charge in [-0.05, 0) is 76.6 Å². The third-order valence-electron chi connectivity index (χ3n) is 5.44. The Labute approximate surface area is 168 Å². The molecule has 1 aromatic rings. The maximum Gasteiger partial charge on any atom is 0.410 e. The molecule has 0 aliphatic carbocycles. The van der Waals surface area contributed by atoms with Crippen LogP contribution in [0.5, 0.6) is 0 Å². The van der Waals surface area contributed by atoms with Crippen molar-refractivity contribution >= 4 is 17.7 Å². The Bertz CT molecular complexity index is 726. The van der Waals surface area contributed by atoms with Crippen LogP contribution in [0.3, 0.4) is 0 Å². The Kier molecular flexibility index (Phi) is 6.16. The highest BCUT2D eigenvalue weighted by molar-refractivity contribution is 5.81. The lowest BCUT2D eigenvalue weighted by Gasteiger charge is -2.33. The minimum atomic E-state index is -0.493. The quantitative estimate of drug-likeness (QED) is 0.857. The Balaban J connectivity index is 1.59. The van der Waals surface area contributed by atoms with Crippen LogP contribution in [-0.4, -0.2) is 53.1 Å². The predicted molar refractivity (Wildman–Crippen MR) is 110 cm³/mol. The van der Waals surface area contributed by atoms with Crippen molar-refractivity contribution in [2.45, 2.75) is 71.6 Å². The third-order valence-corrected chi connectivity index (χ3v) is 5.44. The molecule has 6 heteroatoms. The van der Waals surface area contributed by atoms with Gasteiger partial charge in [0.05, 0.1) is 6.54 Å². The molecule has 1 N–H and O–H groups in total. The number of amides is 2. The lowest BCUT2D eigenvalue weighted by atomic mass is 9.99. The summed E-state index contributed by atoms with van der Waals surface area (Å²) in [5.74, 6) is 0.153. The van der Waals surface area contributed by atoms with E-state index in [0.717, 1.165) is 37.1 Å². The van der Waals surface area contributed by atoms with Crippen LogP contribution in [0.2, 0.25) is 0 Å². The number of nitrogens with one attached hydrogen (secondary N) is 1. The molecule has 0 aromatic heterocycles. The van der Waals surface area contributed by atoms with E-state index in [1.54, 1.807) is 4.90 Å². The summed E-state index contributed by atoms with van der Waals surface area (Å²) in [4.78, 5) is 28.6. The van der Waals surface area contributed by atoms with Crippen LogP contribution in [-0.2, 0) is 22.5 Å².